The number of anilines is 1. The molecule has 3 rings (SSSR count). The van der Waals surface area contributed by atoms with Crippen LogP contribution in [0, 0.1) is 6.92 Å². The fourth-order valence-electron chi connectivity index (χ4n) is 1.90. The van der Waals surface area contributed by atoms with Crippen LogP contribution in [-0.4, -0.2) is 19.9 Å². The third kappa shape index (κ3) is 2.91. The van der Waals surface area contributed by atoms with Crippen molar-refractivity contribution in [1.82, 2.24) is 19.9 Å². The summed E-state index contributed by atoms with van der Waals surface area (Å²) in [5.74, 6) is 0.226. The van der Waals surface area contributed by atoms with Crippen molar-refractivity contribution >= 4 is 39.3 Å². The van der Waals surface area contributed by atoms with Crippen molar-refractivity contribution in [2.24, 2.45) is 0 Å². The van der Waals surface area contributed by atoms with Gasteiger partial charge >= 0.3 is 0 Å². The first-order chi connectivity index (χ1) is 10.0. The van der Waals surface area contributed by atoms with E-state index < -0.39 is 0 Å². The average Bonchev–Trinajstić information content (AvgIpc) is 2.80. The lowest BCUT2D eigenvalue weighted by molar-refractivity contribution is 0.903. The van der Waals surface area contributed by atoms with Crippen molar-refractivity contribution in [3.63, 3.8) is 0 Å². The van der Waals surface area contributed by atoms with Gasteiger partial charge in [-0.2, -0.15) is 0 Å². The van der Waals surface area contributed by atoms with Crippen molar-refractivity contribution < 1.29 is 0 Å². The number of nitrogens with zero attached hydrogens (tertiary/aromatic N) is 3. The summed E-state index contributed by atoms with van der Waals surface area (Å²) in [6.07, 6.45) is 0.935. The van der Waals surface area contributed by atoms with Gasteiger partial charge in [-0.3, -0.25) is 4.79 Å². The second-order valence-electron chi connectivity index (χ2n) is 4.47. The largest absolute Gasteiger partial charge is 0.368 e. The number of thiophene rings is 1. The van der Waals surface area contributed by atoms with Gasteiger partial charge in [0.05, 0.1) is 0 Å². The van der Waals surface area contributed by atoms with Crippen molar-refractivity contribution in [2.45, 2.75) is 30.5 Å². The molecule has 0 spiro atoms. The Morgan fingerprint density at radius 1 is 1.33 bits per heavy atom. The maximum absolute atomic E-state index is 11.5. The summed E-state index contributed by atoms with van der Waals surface area (Å²) in [5, 5.41) is 2.16. The van der Waals surface area contributed by atoms with E-state index >= 15 is 0 Å². The molecule has 108 valence electrons. The van der Waals surface area contributed by atoms with Crippen LogP contribution in [0.15, 0.2) is 27.1 Å². The summed E-state index contributed by atoms with van der Waals surface area (Å²) in [6, 6.07) is 3.52. The Balaban J connectivity index is 2.10. The molecule has 0 aliphatic heterocycles. The van der Waals surface area contributed by atoms with Gasteiger partial charge in [0.15, 0.2) is 5.16 Å². The van der Waals surface area contributed by atoms with E-state index in [1.54, 1.807) is 18.3 Å². The zero-order valence-electron chi connectivity index (χ0n) is 11.5. The Bertz CT molecular complexity index is 871. The Labute approximate surface area is 128 Å². The fraction of sp³-hybridized carbons (Fsp3) is 0.231. The molecule has 3 aromatic heterocycles. The highest BCUT2D eigenvalue weighted by atomic mass is 32.2. The quantitative estimate of drug-likeness (QED) is 0.568. The number of aryl methyl sites for hydroxylation is 2. The molecule has 0 saturated carbocycles. The van der Waals surface area contributed by atoms with Crippen molar-refractivity contribution in [1.29, 1.82) is 0 Å². The van der Waals surface area contributed by atoms with Crippen LogP contribution >= 0.6 is 23.1 Å². The number of nitrogens with one attached hydrogen (secondary N) is 1. The molecule has 3 heterocycles. The van der Waals surface area contributed by atoms with Gasteiger partial charge in [-0.1, -0.05) is 6.92 Å². The number of H-pyrrole nitrogens is 1. The van der Waals surface area contributed by atoms with Gasteiger partial charge in [-0.05, 0) is 31.2 Å². The maximum atomic E-state index is 11.5. The molecular weight excluding hydrogens is 306 g/mol. The first-order valence-electron chi connectivity index (χ1n) is 6.37. The molecule has 0 fully saturated rings. The zero-order valence-corrected chi connectivity index (χ0v) is 13.1. The fourth-order valence-corrected chi connectivity index (χ4v) is 3.87. The average molecular weight is 319 g/mol. The molecule has 0 radical (unpaired) electrons. The molecule has 0 aromatic carbocycles. The Kier molecular flexibility index (Phi) is 3.64. The highest BCUT2D eigenvalue weighted by Crippen LogP contribution is 2.34. The highest BCUT2D eigenvalue weighted by molar-refractivity contribution is 7.99. The van der Waals surface area contributed by atoms with Gasteiger partial charge in [0, 0.05) is 22.0 Å². The molecule has 6 nitrogen and oxygen atoms in total. The van der Waals surface area contributed by atoms with E-state index in [4.69, 9.17) is 5.73 Å². The number of nitrogens with two attached hydrogens (primary N) is 1. The molecule has 0 aliphatic carbocycles. The second-order valence-corrected chi connectivity index (χ2v) is 6.56. The third-order valence-electron chi connectivity index (χ3n) is 2.82. The molecule has 0 bridgehead atoms. The van der Waals surface area contributed by atoms with Crippen LogP contribution in [0.1, 0.15) is 17.5 Å². The minimum Gasteiger partial charge on any atom is -0.368 e. The highest BCUT2D eigenvalue weighted by Gasteiger charge is 2.13. The predicted molar refractivity (Wildman–Crippen MR) is 84.9 cm³/mol. The molecule has 8 heteroatoms. The number of aromatic nitrogens is 4. The van der Waals surface area contributed by atoms with Crippen LogP contribution in [0.3, 0.4) is 0 Å². The molecule has 0 saturated heterocycles. The van der Waals surface area contributed by atoms with Crippen molar-refractivity contribution in [3.05, 3.63) is 33.1 Å². The summed E-state index contributed by atoms with van der Waals surface area (Å²) < 4.78 is 0. The first kappa shape index (κ1) is 14.0. The Hall–Kier alpha value is -1.93. The van der Waals surface area contributed by atoms with Gasteiger partial charge in [-0.15, -0.1) is 11.3 Å². The zero-order chi connectivity index (χ0) is 15.0. The maximum Gasteiger partial charge on any atom is 0.251 e. The number of fused-ring (bicyclic) bond motifs is 1. The normalized spacial score (nSPS) is 11.1. The van der Waals surface area contributed by atoms with E-state index in [9.17, 15) is 4.79 Å². The summed E-state index contributed by atoms with van der Waals surface area (Å²) in [7, 11) is 0. The van der Waals surface area contributed by atoms with E-state index in [1.165, 1.54) is 22.7 Å². The van der Waals surface area contributed by atoms with E-state index in [0.717, 1.165) is 16.6 Å². The molecule has 0 amide bonds. The van der Waals surface area contributed by atoms with Gasteiger partial charge in [0.25, 0.3) is 5.56 Å². The Morgan fingerprint density at radius 3 is 2.86 bits per heavy atom. The molecule has 3 N–H and O–H groups in total. The molecule has 0 aliphatic rings. The number of nitrogen functional groups attached to an aromatic ring is 1. The third-order valence-corrected chi connectivity index (χ3v) is 4.88. The van der Waals surface area contributed by atoms with E-state index in [2.05, 4.69) is 32.9 Å². The number of rotatable bonds is 3. The molecular formula is C13H13N5OS2. The summed E-state index contributed by atoms with van der Waals surface area (Å²) in [6.45, 7) is 3.87. The van der Waals surface area contributed by atoms with E-state index in [1.807, 2.05) is 0 Å². The number of hydrogen-bond acceptors (Lipinski definition) is 7. The standard InChI is InChI=1S/C13H13N5OS2/c1-3-7-5-8-10(20-7)17-12(14)18-11(8)21-13-15-6(2)4-9(19)16-13/h4-5H,3H2,1-2H3,(H2,14,17,18)(H,15,16,19). The lowest BCUT2D eigenvalue weighted by Crippen LogP contribution is -2.08. The van der Waals surface area contributed by atoms with Crippen LogP contribution in [0.2, 0.25) is 0 Å². The van der Waals surface area contributed by atoms with Crippen LogP contribution in [0.5, 0.6) is 0 Å². The smallest absolute Gasteiger partial charge is 0.251 e. The number of hydrogen-bond donors (Lipinski definition) is 2. The molecule has 21 heavy (non-hydrogen) atoms. The van der Waals surface area contributed by atoms with Crippen molar-refractivity contribution in [2.75, 3.05) is 5.73 Å². The lowest BCUT2D eigenvalue weighted by atomic mass is 10.3. The van der Waals surface area contributed by atoms with Crippen LogP contribution in [0.4, 0.5) is 5.95 Å². The van der Waals surface area contributed by atoms with Gasteiger partial charge < -0.3 is 10.7 Å². The topological polar surface area (TPSA) is 97.5 Å². The SMILES string of the molecule is CCc1cc2c(Sc3nc(C)cc(=O)[nH]3)nc(N)nc2s1. The predicted octanol–water partition coefficient (Wildman–Crippen LogP) is 2.38. The molecule has 3 aromatic rings. The monoisotopic (exact) mass is 319 g/mol. The summed E-state index contributed by atoms with van der Waals surface area (Å²) in [4.78, 5) is 29.1. The number of aromatic amines is 1. The van der Waals surface area contributed by atoms with Crippen LogP contribution in [0.25, 0.3) is 10.2 Å². The molecule has 0 unspecified atom stereocenters. The van der Waals surface area contributed by atoms with Crippen molar-refractivity contribution in [3.8, 4) is 0 Å². The van der Waals surface area contributed by atoms with E-state index in [0.29, 0.717) is 15.9 Å². The van der Waals surface area contributed by atoms with E-state index in [-0.39, 0.29) is 11.5 Å². The van der Waals surface area contributed by atoms with Gasteiger partial charge in [0.2, 0.25) is 5.95 Å². The summed E-state index contributed by atoms with van der Waals surface area (Å²) in [5.41, 5.74) is 6.26. The van der Waals surface area contributed by atoms with Crippen LogP contribution in [-0.2, 0) is 6.42 Å². The van der Waals surface area contributed by atoms with Gasteiger partial charge in [-0.25, -0.2) is 15.0 Å². The minimum absolute atomic E-state index is 0.178. The minimum atomic E-state index is -0.178. The summed E-state index contributed by atoms with van der Waals surface area (Å²) >= 11 is 2.90. The molecule has 0 atom stereocenters. The van der Waals surface area contributed by atoms with Crippen LogP contribution < -0.4 is 11.3 Å². The second kappa shape index (κ2) is 5.45. The van der Waals surface area contributed by atoms with Gasteiger partial charge in [0.1, 0.15) is 9.86 Å². The lowest BCUT2D eigenvalue weighted by Gasteiger charge is -2.03. The Morgan fingerprint density at radius 2 is 2.14 bits per heavy atom. The first-order valence-corrected chi connectivity index (χ1v) is 8.00.